The summed E-state index contributed by atoms with van der Waals surface area (Å²) < 4.78 is 0. The Morgan fingerprint density at radius 3 is 2.48 bits per heavy atom. The van der Waals surface area contributed by atoms with Gasteiger partial charge in [-0.2, -0.15) is 0 Å². The molecule has 120 valence electrons. The quantitative estimate of drug-likeness (QED) is 0.900. The van der Waals surface area contributed by atoms with Crippen molar-refractivity contribution in [3.05, 3.63) is 59.1 Å². The molecule has 0 radical (unpaired) electrons. The fourth-order valence-corrected chi connectivity index (χ4v) is 3.10. The van der Waals surface area contributed by atoms with Gasteiger partial charge in [0.15, 0.2) is 6.10 Å². The van der Waals surface area contributed by atoms with Crippen LogP contribution in [0.1, 0.15) is 24.5 Å². The maximum Gasteiger partial charge on any atom is 0.257 e. The first kappa shape index (κ1) is 15.8. The average molecular weight is 331 g/mol. The van der Waals surface area contributed by atoms with E-state index in [4.69, 9.17) is 11.6 Å². The van der Waals surface area contributed by atoms with Crippen molar-refractivity contribution < 1.29 is 9.90 Å². The molecule has 23 heavy (non-hydrogen) atoms. The van der Waals surface area contributed by atoms with Crippen LogP contribution in [0.25, 0.3) is 0 Å². The molecule has 3 rings (SSSR count). The minimum Gasteiger partial charge on any atom is -0.378 e. The second-order valence-corrected chi connectivity index (χ2v) is 6.07. The van der Waals surface area contributed by atoms with E-state index < -0.39 is 12.0 Å². The first-order valence-corrected chi connectivity index (χ1v) is 8.11. The van der Waals surface area contributed by atoms with Crippen LogP contribution in [0.15, 0.2) is 48.5 Å². The lowest BCUT2D eigenvalue weighted by Gasteiger charge is -2.20. The van der Waals surface area contributed by atoms with E-state index in [0.29, 0.717) is 16.3 Å². The van der Waals surface area contributed by atoms with Gasteiger partial charge in [0.1, 0.15) is 0 Å². The molecule has 5 heteroatoms. The van der Waals surface area contributed by atoms with Gasteiger partial charge < -0.3 is 15.3 Å². The van der Waals surface area contributed by atoms with Crippen LogP contribution in [-0.2, 0) is 4.79 Å². The van der Waals surface area contributed by atoms with Crippen LogP contribution in [0, 0.1) is 0 Å². The Labute approximate surface area is 140 Å². The maximum absolute atomic E-state index is 12.2. The van der Waals surface area contributed by atoms with Gasteiger partial charge >= 0.3 is 0 Å². The highest BCUT2D eigenvalue weighted by Crippen LogP contribution is 2.31. The van der Waals surface area contributed by atoms with Crippen LogP contribution in [0.4, 0.5) is 11.4 Å². The summed E-state index contributed by atoms with van der Waals surface area (Å²) in [5.41, 5.74) is 2.13. The van der Waals surface area contributed by atoms with E-state index in [-0.39, 0.29) is 0 Å². The van der Waals surface area contributed by atoms with Gasteiger partial charge in [0.25, 0.3) is 5.91 Å². The summed E-state index contributed by atoms with van der Waals surface area (Å²) >= 11 is 6.33. The zero-order chi connectivity index (χ0) is 16.2. The lowest BCUT2D eigenvalue weighted by molar-refractivity contribution is -0.124. The summed E-state index contributed by atoms with van der Waals surface area (Å²) in [6, 6.07) is 14.3. The van der Waals surface area contributed by atoms with Crippen molar-refractivity contribution in [1.29, 1.82) is 0 Å². The zero-order valence-electron chi connectivity index (χ0n) is 12.7. The number of aliphatic hydroxyl groups is 1. The predicted molar refractivity (Wildman–Crippen MR) is 92.9 cm³/mol. The smallest absolute Gasteiger partial charge is 0.257 e. The fourth-order valence-electron chi connectivity index (χ4n) is 2.80. The molecule has 0 bridgehead atoms. The molecule has 0 spiro atoms. The standard InChI is InChI=1S/C18H19ClN2O2/c19-15-12-14(8-9-16(15)21-10-4-5-11-21)20-18(23)17(22)13-6-2-1-3-7-13/h1-3,6-9,12,17,22H,4-5,10-11H2,(H,20,23). The third-order valence-corrected chi connectivity index (χ3v) is 4.33. The summed E-state index contributed by atoms with van der Waals surface area (Å²) in [5.74, 6) is -0.471. The summed E-state index contributed by atoms with van der Waals surface area (Å²) in [6.07, 6.45) is 1.16. The number of carbonyl (C=O) groups excluding carboxylic acids is 1. The first-order chi connectivity index (χ1) is 11.1. The largest absolute Gasteiger partial charge is 0.378 e. The normalized spacial score (nSPS) is 15.5. The summed E-state index contributed by atoms with van der Waals surface area (Å²) in [6.45, 7) is 2.02. The van der Waals surface area contributed by atoms with E-state index in [9.17, 15) is 9.90 Å². The second kappa shape index (κ2) is 7.02. The Hall–Kier alpha value is -2.04. The molecule has 2 N–H and O–H groups in total. The number of hydrogen-bond donors (Lipinski definition) is 2. The highest BCUT2D eigenvalue weighted by Gasteiger charge is 2.19. The third-order valence-electron chi connectivity index (χ3n) is 4.03. The van der Waals surface area contributed by atoms with Crippen LogP contribution in [0.5, 0.6) is 0 Å². The van der Waals surface area contributed by atoms with E-state index >= 15 is 0 Å². The summed E-state index contributed by atoms with van der Waals surface area (Å²) in [7, 11) is 0. The lowest BCUT2D eigenvalue weighted by atomic mass is 10.1. The van der Waals surface area contributed by atoms with Gasteiger partial charge in [0, 0.05) is 18.8 Å². The Morgan fingerprint density at radius 1 is 1.13 bits per heavy atom. The van der Waals surface area contributed by atoms with Crippen molar-refractivity contribution in [2.75, 3.05) is 23.3 Å². The molecular formula is C18H19ClN2O2. The first-order valence-electron chi connectivity index (χ1n) is 7.73. The van der Waals surface area contributed by atoms with Gasteiger partial charge in [0.05, 0.1) is 10.7 Å². The molecule has 0 aromatic heterocycles. The lowest BCUT2D eigenvalue weighted by Crippen LogP contribution is -2.21. The van der Waals surface area contributed by atoms with Crippen LogP contribution in [0.2, 0.25) is 5.02 Å². The fraction of sp³-hybridized carbons (Fsp3) is 0.278. The van der Waals surface area contributed by atoms with Gasteiger partial charge in [0.2, 0.25) is 0 Å². The van der Waals surface area contributed by atoms with Gasteiger partial charge in [-0.3, -0.25) is 4.79 Å². The number of anilines is 2. The number of hydrogen-bond acceptors (Lipinski definition) is 3. The molecule has 4 nitrogen and oxygen atoms in total. The number of carbonyl (C=O) groups is 1. The minimum atomic E-state index is -1.20. The van der Waals surface area contributed by atoms with Crippen LogP contribution < -0.4 is 10.2 Å². The molecule has 1 atom stereocenters. The van der Waals surface area contributed by atoms with Crippen molar-refractivity contribution in [2.24, 2.45) is 0 Å². The molecule has 1 fully saturated rings. The van der Waals surface area contributed by atoms with Crippen molar-refractivity contribution in [3.63, 3.8) is 0 Å². The Kier molecular flexibility index (Phi) is 4.84. The molecule has 1 aliphatic rings. The number of nitrogens with zero attached hydrogens (tertiary/aromatic N) is 1. The van der Waals surface area contributed by atoms with Crippen molar-refractivity contribution in [3.8, 4) is 0 Å². The highest BCUT2D eigenvalue weighted by molar-refractivity contribution is 6.33. The Balaban J connectivity index is 1.70. The van der Waals surface area contributed by atoms with Crippen LogP contribution >= 0.6 is 11.6 Å². The van der Waals surface area contributed by atoms with Crippen LogP contribution in [0.3, 0.4) is 0 Å². The monoisotopic (exact) mass is 330 g/mol. The van der Waals surface area contributed by atoms with Gasteiger partial charge in [-0.05, 0) is 36.6 Å². The van der Waals surface area contributed by atoms with Crippen molar-refractivity contribution in [1.82, 2.24) is 0 Å². The molecule has 1 saturated heterocycles. The van der Waals surface area contributed by atoms with E-state index in [2.05, 4.69) is 10.2 Å². The van der Waals surface area contributed by atoms with E-state index in [1.165, 1.54) is 12.8 Å². The number of amides is 1. The van der Waals surface area contributed by atoms with E-state index in [0.717, 1.165) is 18.8 Å². The van der Waals surface area contributed by atoms with Gasteiger partial charge in [-0.25, -0.2) is 0 Å². The van der Waals surface area contributed by atoms with E-state index in [1.54, 1.807) is 30.3 Å². The SMILES string of the molecule is O=C(Nc1ccc(N2CCCC2)c(Cl)c1)C(O)c1ccccc1. The number of nitrogens with one attached hydrogen (secondary N) is 1. The molecule has 2 aromatic carbocycles. The number of rotatable bonds is 4. The molecule has 1 amide bonds. The molecule has 1 heterocycles. The number of aliphatic hydroxyl groups excluding tert-OH is 1. The molecule has 1 aliphatic heterocycles. The van der Waals surface area contributed by atoms with Crippen molar-refractivity contribution >= 4 is 28.9 Å². The molecule has 0 saturated carbocycles. The number of halogens is 1. The summed E-state index contributed by atoms with van der Waals surface area (Å²) in [5, 5.41) is 13.4. The van der Waals surface area contributed by atoms with Crippen molar-refractivity contribution in [2.45, 2.75) is 18.9 Å². The third kappa shape index (κ3) is 3.66. The van der Waals surface area contributed by atoms with Gasteiger partial charge in [-0.1, -0.05) is 41.9 Å². The Morgan fingerprint density at radius 2 is 1.83 bits per heavy atom. The molecule has 1 unspecified atom stereocenters. The summed E-state index contributed by atoms with van der Waals surface area (Å²) in [4.78, 5) is 14.4. The predicted octanol–water partition coefficient (Wildman–Crippen LogP) is 3.61. The molecule has 2 aromatic rings. The molecular weight excluding hydrogens is 312 g/mol. The topological polar surface area (TPSA) is 52.6 Å². The minimum absolute atomic E-state index is 0.471. The average Bonchev–Trinajstić information content (AvgIpc) is 3.09. The van der Waals surface area contributed by atoms with Crippen LogP contribution in [-0.4, -0.2) is 24.1 Å². The second-order valence-electron chi connectivity index (χ2n) is 5.66. The highest BCUT2D eigenvalue weighted by atomic mass is 35.5. The zero-order valence-corrected chi connectivity index (χ0v) is 13.5. The Bertz CT molecular complexity index is 685. The van der Waals surface area contributed by atoms with E-state index in [1.807, 2.05) is 18.2 Å². The maximum atomic E-state index is 12.2. The number of benzene rings is 2. The van der Waals surface area contributed by atoms with Gasteiger partial charge in [-0.15, -0.1) is 0 Å². The molecule has 0 aliphatic carbocycles.